The maximum absolute atomic E-state index is 12.9. The average molecular weight is 360 g/mol. The zero-order chi connectivity index (χ0) is 19.9. The Morgan fingerprint density at radius 3 is 2.00 bits per heavy atom. The van der Waals surface area contributed by atoms with Crippen molar-refractivity contribution < 1.29 is 14.3 Å². The average Bonchev–Trinajstić information content (AvgIpc) is 2.77. The number of amides is 1. The van der Waals surface area contributed by atoms with Crippen LogP contribution in [-0.4, -0.2) is 30.2 Å². The molecule has 0 atom stereocenters. The summed E-state index contributed by atoms with van der Waals surface area (Å²) in [6.07, 6.45) is -0.279. The highest BCUT2D eigenvalue weighted by molar-refractivity contribution is 5.83. The number of carbonyl (C=O) groups excluding carboxylic acids is 1. The SMILES string of the molecule is COc1ccc(C2=C(C(C)(C)C)N(C(=O)OC(C)(C)C)CC2(C)C)cc1. The van der Waals surface area contributed by atoms with Gasteiger partial charge in [-0.05, 0) is 44.0 Å². The third-order valence-corrected chi connectivity index (χ3v) is 4.44. The van der Waals surface area contributed by atoms with Crippen LogP contribution in [0.25, 0.3) is 5.57 Å². The topological polar surface area (TPSA) is 38.8 Å². The van der Waals surface area contributed by atoms with E-state index in [0.717, 1.165) is 17.0 Å². The van der Waals surface area contributed by atoms with Crippen LogP contribution in [0.5, 0.6) is 5.75 Å². The minimum Gasteiger partial charge on any atom is -0.497 e. The van der Waals surface area contributed by atoms with Crippen molar-refractivity contribution >= 4 is 11.7 Å². The molecule has 0 aliphatic carbocycles. The molecule has 1 aromatic carbocycles. The van der Waals surface area contributed by atoms with Gasteiger partial charge in [-0.2, -0.15) is 0 Å². The number of rotatable bonds is 2. The van der Waals surface area contributed by atoms with Crippen molar-refractivity contribution in [3.05, 3.63) is 35.5 Å². The molecule has 0 fully saturated rings. The van der Waals surface area contributed by atoms with Crippen molar-refractivity contribution in [1.29, 1.82) is 0 Å². The summed E-state index contributed by atoms with van der Waals surface area (Å²) >= 11 is 0. The third kappa shape index (κ3) is 4.22. The van der Waals surface area contributed by atoms with Gasteiger partial charge in [0.05, 0.1) is 7.11 Å². The second-order valence-corrected chi connectivity index (χ2v) is 9.65. The molecule has 0 bridgehead atoms. The summed E-state index contributed by atoms with van der Waals surface area (Å²) in [5.74, 6) is 0.825. The van der Waals surface area contributed by atoms with Crippen molar-refractivity contribution in [2.24, 2.45) is 10.8 Å². The van der Waals surface area contributed by atoms with Crippen molar-refractivity contribution in [2.75, 3.05) is 13.7 Å². The molecule has 0 radical (unpaired) electrons. The molecule has 144 valence electrons. The summed E-state index contributed by atoms with van der Waals surface area (Å²) in [4.78, 5) is 14.8. The zero-order valence-electron chi connectivity index (χ0n) is 17.7. The molecule has 1 aromatic rings. The van der Waals surface area contributed by atoms with Gasteiger partial charge in [0.1, 0.15) is 11.4 Å². The zero-order valence-corrected chi connectivity index (χ0v) is 17.7. The monoisotopic (exact) mass is 359 g/mol. The molecule has 4 heteroatoms. The summed E-state index contributed by atoms with van der Waals surface area (Å²) in [6, 6.07) is 8.07. The van der Waals surface area contributed by atoms with Crippen LogP contribution in [0.2, 0.25) is 0 Å². The smallest absolute Gasteiger partial charge is 0.414 e. The highest BCUT2D eigenvalue weighted by Gasteiger charge is 2.45. The Morgan fingerprint density at radius 1 is 1.04 bits per heavy atom. The van der Waals surface area contributed by atoms with Gasteiger partial charge in [-0.1, -0.05) is 46.8 Å². The van der Waals surface area contributed by atoms with Crippen LogP contribution in [0.3, 0.4) is 0 Å². The first kappa shape index (κ1) is 20.3. The molecule has 26 heavy (non-hydrogen) atoms. The van der Waals surface area contributed by atoms with Crippen LogP contribution in [0.1, 0.15) is 61.0 Å². The van der Waals surface area contributed by atoms with Crippen LogP contribution in [-0.2, 0) is 4.74 Å². The molecule has 1 heterocycles. The Bertz CT molecular complexity index is 700. The second-order valence-electron chi connectivity index (χ2n) is 9.65. The van der Waals surface area contributed by atoms with Gasteiger partial charge in [-0.3, -0.25) is 4.90 Å². The lowest BCUT2D eigenvalue weighted by atomic mass is 9.78. The van der Waals surface area contributed by atoms with Crippen LogP contribution in [0.15, 0.2) is 30.0 Å². The molecule has 0 N–H and O–H groups in total. The quantitative estimate of drug-likeness (QED) is 0.677. The molecule has 0 saturated heterocycles. The van der Waals surface area contributed by atoms with Crippen LogP contribution >= 0.6 is 0 Å². The maximum atomic E-state index is 12.9. The highest BCUT2D eigenvalue weighted by Crippen LogP contribution is 2.50. The van der Waals surface area contributed by atoms with Crippen molar-refractivity contribution in [2.45, 2.75) is 61.0 Å². The maximum Gasteiger partial charge on any atom is 0.414 e. The van der Waals surface area contributed by atoms with E-state index in [9.17, 15) is 4.79 Å². The fourth-order valence-corrected chi connectivity index (χ4v) is 3.55. The Kier molecular flexibility index (Phi) is 5.19. The fourth-order valence-electron chi connectivity index (χ4n) is 3.55. The number of hydrogen-bond acceptors (Lipinski definition) is 3. The van der Waals surface area contributed by atoms with Gasteiger partial charge in [-0.25, -0.2) is 4.79 Å². The fraction of sp³-hybridized carbons (Fsp3) is 0.591. The second kappa shape index (κ2) is 6.64. The lowest BCUT2D eigenvalue weighted by Gasteiger charge is -2.32. The minimum atomic E-state index is -0.521. The van der Waals surface area contributed by atoms with Gasteiger partial charge in [-0.15, -0.1) is 0 Å². The number of methoxy groups -OCH3 is 1. The predicted octanol–water partition coefficient (Wildman–Crippen LogP) is 5.73. The third-order valence-electron chi connectivity index (χ3n) is 4.44. The van der Waals surface area contributed by atoms with E-state index in [4.69, 9.17) is 9.47 Å². The van der Waals surface area contributed by atoms with Crippen molar-refractivity contribution in [1.82, 2.24) is 4.90 Å². The molecule has 0 saturated carbocycles. The first-order chi connectivity index (χ1) is 11.8. The molecule has 0 spiro atoms. The first-order valence-corrected chi connectivity index (χ1v) is 9.16. The van der Waals surface area contributed by atoms with Crippen LogP contribution in [0.4, 0.5) is 4.79 Å². The number of benzene rings is 1. The molecular weight excluding hydrogens is 326 g/mol. The standard InChI is InChI=1S/C22H33NO3/c1-20(2,3)18-17(15-10-12-16(25-9)13-11-15)22(7,8)14-23(18)19(24)26-21(4,5)6/h10-13H,14H2,1-9H3. The van der Waals surface area contributed by atoms with E-state index in [1.54, 1.807) is 7.11 Å². The van der Waals surface area contributed by atoms with E-state index in [-0.39, 0.29) is 16.9 Å². The van der Waals surface area contributed by atoms with E-state index in [0.29, 0.717) is 6.54 Å². The Labute approximate surface area is 158 Å². The van der Waals surface area contributed by atoms with E-state index in [1.807, 2.05) is 37.8 Å². The number of allylic oxidation sites excluding steroid dienone is 1. The molecule has 4 nitrogen and oxygen atoms in total. The number of nitrogens with zero attached hydrogens (tertiary/aromatic N) is 1. The molecule has 1 amide bonds. The number of carbonyl (C=O) groups is 1. The van der Waals surface area contributed by atoms with E-state index in [1.165, 1.54) is 5.57 Å². The largest absolute Gasteiger partial charge is 0.497 e. The molecule has 0 aromatic heterocycles. The predicted molar refractivity (Wildman–Crippen MR) is 106 cm³/mol. The summed E-state index contributed by atoms with van der Waals surface area (Å²) in [5, 5.41) is 0. The lowest BCUT2D eigenvalue weighted by molar-refractivity contribution is 0.0273. The number of ether oxygens (including phenoxy) is 2. The molecule has 1 aliphatic rings. The van der Waals surface area contributed by atoms with Crippen molar-refractivity contribution in [3.63, 3.8) is 0 Å². The molecule has 1 aliphatic heterocycles. The minimum absolute atomic E-state index is 0.173. The molecular formula is C22H33NO3. The highest BCUT2D eigenvalue weighted by atomic mass is 16.6. The van der Waals surface area contributed by atoms with E-state index < -0.39 is 5.60 Å². The van der Waals surface area contributed by atoms with Gasteiger partial charge in [0.25, 0.3) is 0 Å². The van der Waals surface area contributed by atoms with Crippen LogP contribution in [0, 0.1) is 10.8 Å². The van der Waals surface area contributed by atoms with E-state index >= 15 is 0 Å². The molecule has 2 rings (SSSR count). The summed E-state index contributed by atoms with van der Waals surface area (Å²) in [6.45, 7) is 17.1. The van der Waals surface area contributed by atoms with Gasteiger partial charge in [0, 0.05) is 23.1 Å². The number of hydrogen-bond donors (Lipinski definition) is 0. The van der Waals surface area contributed by atoms with Gasteiger partial charge < -0.3 is 9.47 Å². The Balaban J connectivity index is 2.60. The summed E-state index contributed by atoms with van der Waals surface area (Å²) in [7, 11) is 1.67. The van der Waals surface area contributed by atoms with Gasteiger partial charge in [0.15, 0.2) is 0 Å². The summed E-state index contributed by atoms with van der Waals surface area (Å²) < 4.78 is 11.0. The van der Waals surface area contributed by atoms with E-state index in [2.05, 4.69) is 46.8 Å². The van der Waals surface area contributed by atoms with Gasteiger partial charge >= 0.3 is 6.09 Å². The molecule has 0 unspecified atom stereocenters. The normalized spacial score (nSPS) is 17.5. The first-order valence-electron chi connectivity index (χ1n) is 9.16. The Hall–Kier alpha value is -1.97. The Morgan fingerprint density at radius 2 is 1.58 bits per heavy atom. The van der Waals surface area contributed by atoms with Crippen LogP contribution < -0.4 is 4.74 Å². The lowest BCUT2D eigenvalue weighted by Crippen LogP contribution is -2.39. The van der Waals surface area contributed by atoms with Crippen molar-refractivity contribution in [3.8, 4) is 5.75 Å². The summed E-state index contributed by atoms with van der Waals surface area (Å²) in [5.41, 5.74) is 2.45. The van der Waals surface area contributed by atoms with Gasteiger partial charge in [0.2, 0.25) is 0 Å².